The Hall–Kier alpha value is -5.95. The Kier molecular flexibility index (Phi) is 10.2. The first-order valence-corrected chi connectivity index (χ1v) is 16.6. The van der Waals surface area contributed by atoms with Gasteiger partial charge in [0.25, 0.3) is 5.91 Å². The van der Waals surface area contributed by atoms with Gasteiger partial charge in [0.15, 0.2) is 11.5 Å². The van der Waals surface area contributed by atoms with E-state index in [1.807, 2.05) is 103 Å². The van der Waals surface area contributed by atoms with Crippen LogP contribution in [0.3, 0.4) is 0 Å². The lowest BCUT2D eigenvalue weighted by Crippen LogP contribution is -2.42. The molecule has 256 valence electrons. The third kappa shape index (κ3) is 7.22. The number of hydrogen-bond acceptors (Lipinski definition) is 10. The minimum atomic E-state index is -1.16. The van der Waals surface area contributed by atoms with Gasteiger partial charge >= 0.3 is 0 Å². The number of amides is 2. The van der Waals surface area contributed by atoms with Gasteiger partial charge in [-0.3, -0.25) is 9.59 Å². The lowest BCUT2D eigenvalue weighted by Gasteiger charge is -2.31. The standard InChI is InChI=1S/C37H37N7O5S/c1-42(2)27-17-15-26(16-18-27)38-37(46)35(25-19-31(47-3)36(49-5)32(20-25)48-4)43(21-33-39-29(23-50-33)24-11-7-6-8-12-24)34(45)22-44-30-14-10-9-13-28(30)40-41-44/h6-20,23,35H,21-22H2,1-5H3,(H,38,46). The van der Waals surface area contributed by atoms with E-state index in [1.54, 1.807) is 12.1 Å². The van der Waals surface area contributed by atoms with Crippen molar-refractivity contribution in [2.75, 3.05) is 45.6 Å². The summed E-state index contributed by atoms with van der Waals surface area (Å²) in [5.41, 5.74) is 5.04. The lowest BCUT2D eigenvalue weighted by molar-refractivity contribution is -0.140. The zero-order chi connectivity index (χ0) is 35.2. The number of hydrogen-bond donors (Lipinski definition) is 1. The maximum absolute atomic E-state index is 14.6. The second kappa shape index (κ2) is 15.1. The van der Waals surface area contributed by atoms with Crippen LogP contribution in [0.4, 0.5) is 11.4 Å². The molecule has 0 bridgehead atoms. The van der Waals surface area contributed by atoms with E-state index in [0.717, 1.165) is 16.9 Å². The van der Waals surface area contributed by atoms with Crippen molar-refractivity contribution in [1.29, 1.82) is 0 Å². The predicted molar refractivity (Wildman–Crippen MR) is 194 cm³/mol. The summed E-state index contributed by atoms with van der Waals surface area (Å²) in [6.45, 7) is -0.152. The number of carbonyl (C=O) groups excluding carboxylic acids is 2. The molecule has 1 unspecified atom stereocenters. The molecule has 0 spiro atoms. The number of thiazole rings is 1. The molecular formula is C37H37N7O5S. The molecule has 13 heteroatoms. The molecule has 50 heavy (non-hydrogen) atoms. The molecule has 0 aliphatic rings. The molecule has 0 saturated carbocycles. The first-order chi connectivity index (χ1) is 24.3. The van der Waals surface area contributed by atoms with Crippen LogP contribution >= 0.6 is 11.3 Å². The molecule has 0 radical (unpaired) electrons. The second-order valence-corrected chi connectivity index (χ2v) is 12.5. The molecule has 2 amide bonds. The first kappa shape index (κ1) is 33.9. The number of fused-ring (bicyclic) bond motifs is 1. The minimum Gasteiger partial charge on any atom is -0.493 e. The van der Waals surface area contributed by atoms with Crippen LogP contribution in [0.2, 0.25) is 0 Å². The van der Waals surface area contributed by atoms with Crippen molar-refractivity contribution in [2.24, 2.45) is 0 Å². The van der Waals surface area contributed by atoms with E-state index in [4.69, 9.17) is 19.2 Å². The molecule has 6 rings (SSSR count). The van der Waals surface area contributed by atoms with Crippen LogP contribution in [0.25, 0.3) is 22.3 Å². The fourth-order valence-electron chi connectivity index (χ4n) is 5.63. The third-order valence-electron chi connectivity index (χ3n) is 8.17. The van der Waals surface area contributed by atoms with Crippen LogP contribution in [0.1, 0.15) is 16.6 Å². The van der Waals surface area contributed by atoms with Crippen LogP contribution in [0.5, 0.6) is 17.2 Å². The summed E-state index contributed by atoms with van der Waals surface area (Å²) < 4.78 is 18.5. The van der Waals surface area contributed by atoms with E-state index in [0.29, 0.717) is 44.5 Å². The van der Waals surface area contributed by atoms with Crippen LogP contribution in [-0.4, -0.2) is 72.1 Å². The molecular weight excluding hydrogens is 655 g/mol. The molecule has 1 atom stereocenters. The lowest BCUT2D eigenvalue weighted by atomic mass is 10.0. The summed E-state index contributed by atoms with van der Waals surface area (Å²) in [6.07, 6.45) is 0. The molecule has 0 aliphatic heterocycles. The van der Waals surface area contributed by atoms with E-state index >= 15 is 0 Å². The number of nitrogens with one attached hydrogen (secondary N) is 1. The van der Waals surface area contributed by atoms with Crippen LogP contribution < -0.4 is 24.4 Å². The van der Waals surface area contributed by atoms with Gasteiger partial charge in [0, 0.05) is 36.4 Å². The van der Waals surface area contributed by atoms with E-state index in [2.05, 4.69) is 15.6 Å². The Morgan fingerprint density at radius 1 is 0.880 bits per heavy atom. The Bertz CT molecular complexity index is 2070. The van der Waals surface area contributed by atoms with Gasteiger partial charge in [-0.05, 0) is 54.1 Å². The highest BCUT2D eigenvalue weighted by molar-refractivity contribution is 7.09. The first-order valence-electron chi connectivity index (χ1n) is 15.7. The van der Waals surface area contributed by atoms with Crippen LogP contribution in [0, 0.1) is 0 Å². The average Bonchev–Trinajstić information content (AvgIpc) is 3.78. The highest BCUT2D eigenvalue weighted by Gasteiger charge is 2.35. The number of aromatic nitrogens is 4. The van der Waals surface area contributed by atoms with Crippen molar-refractivity contribution in [1.82, 2.24) is 24.9 Å². The van der Waals surface area contributed by atoms with E-state index in [9.17, 15) is 9.59 Å². The SMILES string of the molecule is COc1cc(C(C(=O)Nc2ccc(N(C)C)cc2)N(Cc2nc(-c3ccccc3)cs2)C(=O)Cn2nnc3ccccc32)cc(OC)c1OC. The summed E-state index contributed by atoms with van der Waals surface area (Å²) in [7, 11) is 8.39. The van der Waals surface area contributed by atoms with Gasteiger partial charge in [0.1, 0.15) is 23.1 Å². The van der Waals surface area contributed by atoms with Gasteiger partial charge in [-0.2, -0.15) is 0 Å². The molecule has 0 aliphatic carbocycles. The summed E-state index contributed by atoms with van der Waals surface area (Å²) in [4.78, 5) is 37.5. The summed E-state index contributed by atoms with van der Waals surface area (Å²) in [5, 5.41) is 14.1. The predicted octanol–water partition coefficient (Wildman–Crippen LogP) is 6.06. The number of carbonyl (C=O) groups is 2. The van der Waals surface area contributed by atoms with E-state index in [1.165, 1.54) is 42.2 Å². The zero-order valence-corrected chi connectivity index (χ0v) is 29.2. The number of anilines is 2. The Labute approximate surface area is 293 Å². The van der Waals surface area contributed by atoms with Gasteiger partial charge in [-0.25, -0.2) is 9.67 Å². The van der Waals surface area contributed by atoms with Crippen molar-refractivity contribution in [3.05, 3.63) is 107 Å². The topological polar surface area (TPSA) is 124 Å². The quantitative estimate of drug-likeness (QED) is 0.154. The number of benzene rings is 4. The maximum atomic E-state index is 14.6. The monoisotopic (exact) mass is 691 g/mol. The number of rotatable bonds is 13. The molecule has 1 N–H and O–H groups in total. The number of nitrogens with zero attached hydrogens (tertiary/aromatic N) is 6. The van der Waals surface area contributed by atoms with E-state index in [-0.39, 0.29) is 19.0 Å². The van der Waals surface area contributed by atoms with Crippen molar-refractivity contribution in [2.45, 2.75) is 19.1 Å². The van der Waals surface area contributed by atoms with Gasteiger partial charge in [0.05, 0.1) is 39.1 Å². The second-order valence-electron chi connectivity index (χ2n) is 11.5. The molecule has 4 aromatic carbocycles. The molecule has 6 aromatic rings. The van der Waals surface area contributed by atoms with Crippen LogP contribution in [-0.2, 0) is 22.7 Å². The molecule has 2 aromatic heterocycles. The van der Waals surface area contributed by atoms with Gasteiger partial charge in [-0.15, -0.1) is 16.4 Å². The third-order valence-corrected chi connectivity index (χ3v) is 9.00. The normalized spacial score (nSPS) is 11.5. The Morgan fingerprint density at radius 2 is 1.56 bits per heavy atom. The fourth-order valence-corrected chi connectivity index (χ4v) is 6.43. The van der Waals surface area contributed by atoms with Crippen molar-refractivity contribution < 1.29 is 23.8 Å². The Morgan fingerprint density at radius 3 is 2.22 bits per heavy atom. The number of ether oxygens (including phenoxy) is 3. The van der Waals surface area contributed by atoms with Gasteiger partial charge in [-0.1, -0.05) is 47.7 Å². The van der Waals surface area contributed by atoms with Gasteiger partial charge in [0.2, 0.25) is 11.7 Å². The van der Waals surface area contributed by atoms with Crippen molar-refractivity contribution >= 4 is 45.6 Å². The van der Waals surface area contributed by atoms with Crippen molar-refractivity contribution in [3.8, 4) is 28.5 Å². The van der Waals surface area contributed by atoms with E-state index < -0.39 is 11.9 Å². The highest BCUT2D eigenvalue weighted by atomic mass is 32.1. The van der Waals surface area contributed by atoms with Crippen molar-refractivity contribution in [3.63, 3.8) is 0 Å². The molecule has 2 heterocycles. The molecule has 0 fully saturated rings. The maximum Gasteiger partial charge on any atom is 0.251 e. The highest BCUT2D eigenvalue weighted by Crippen LogP contribution is 2.41. The number of methoxy groups -OCH3 is 3. The smallest absolute Gasteiger partial charge is 0.251 e. The fraction of sp³-hybridized carbons (Fsp3) is 0.216. The molecule has 0 saturated heterocycles. The average molecular weight is 692 g/mol. The van der Waals surface area contributed by atoms with Crippen LogP contribution in [0.15, 0.2) is 96.4 Å². The Balaban J connectivity index is 1.46. The van der Waals surface area contributed by atoms with Gasteiger partial charge < -0.3 is 29.3 Å². The molecule has 12 nitrogen and oxygen atoms in total. The zero-order valence-electron chi connectivity index (χ0n) is 28.4. The number of para-hydroxylation sites is 1. The largest absolute Gasteiger partial charge is 0.493 e. The summed E-state index contributed by atoms with van der Waals surface area (Å²) in [5.74, 6) is 0.203. The minimum absolute atomic E-state index is 0.0251. The summed E-state index contributed by atoms with van der Waals surface area (Å²) in [6, 6.07) is 26.8. The summed E-state index contributed by atoms with van der Waals surface area (Å²) >= 11 is 1.41.